The van der Waals surface area contributed by atoms with Crippen molar-refractivity contribution in [1.82, 2.24) is 4.98 Å². The van der Waals surface area contributed by atoms with Crippen LogP contribution in [0.25, 0.3) is 0 Å². The van der Waals surface area contributed by atoms with Crippen molar-refractivity contribution >= 4 is 6.29 Å². The highest BCUT2D eigenvalue weighted by molar-refractivity contribution is 5.79. The van der Waals surface area contributed by atoms with Gasteiger partial charge in [0.25, 0.3) is 0 Å². The summed E-state index contributed by atoms with van der Waals surface area (Å²) in [5, 5.41) is 0. The van der Waals surface area contributed by atoms with Crippen molar-refractivity contribution < 1.29 is 9.53 Å². The van der Waals surface area contributed by atoms with Crippen molar-refractivity contribution in [2.75, 3.05) is 0 Å². The Kier molecular flexibility index (Phi) is 2.96. The number of carbonyl (C=O) groups is 1. The summed E-state index contributed by atoms with van der Waals surface area (Å²) in [6.07, 6.45) is 2.48. The van der Waals surface area contributed by atoms with E-state index in [-0.39, 0.29) is 0 Å². The van der Waals surface area contributed by atoms with E-state index in [1.165, 1.54) is 0 Å². The maximum absolute atomic E-state index is 10.8. The van der Waals surface area contributed by atoms with Crippen LogP contribution in [0.3, 0.4) is 0 Å². The van der Waals surface area contributed by atoms with Crippen LogP contribution in [0.15, 0.2) is 42.6 Å². The lowest BCUT2D eigenvalue weighted by Gasteiger charge is -2.08. The molecule has 3 nitrogen and oxygen atoms in total. The van der Waals surface area contributed by atoms with Gasteiger partial charge < -0.3 is 4.74 Å². The molecule has 0 amide bonds. The van der Waals surface area contributed by atoms with E-state index in [4.69, 9.17) is 4.74 Å². The number of rotatable bonds is 3. The van der Waals surface area contributed by atoms with Crippen molar-refractivity contribution in [1.29, 1.82) is 0 Å². The Morgan fingerprint density at radius 3 is 2.62 bits per heavy atom. The second kappa shape index (κ2) is 4.57. The number of hydrogen-bond donors (Lipinski definition) is 0. The summed E-state index contributed by atoms with van der Waals surface area (Å²) < 4.78 is 5.64. The van der Waals surface area contributed by atoms with Gasteiger partial charge in [0.15, 0.2) is 6.29 Å². The Labute approximate surface area is 93.7 Å². The molecule has 1 aromatic carbocycles. The molecule has 0 fully saturated rings. The molecule has 0 aliphatic carbocycles. The van der Waals surface area contributed by atoms with Gasteiger partial charge in [-0.1, -0.05) is 12.1 Å². The first-order valence-electron chi connectivity index (χ1n) is 4.95. The molecule has 1 aromatic heterocycles. The second-order valence-electron chi connectivity index (χ2n) is 3.34. The van der Waals surface area contributed by atoms with Crippen LogP contribution in [-0.4, -0.2) is 11.3 Å². The Balaban J connectivity index is 2.34. The number of hydrogen-bond acceptors (Lipinski definition) is 3. The molecular formula is C13H11NO2. The van der Waals surface area contributed by atoms with E-state index >= 15 is 0 Å². The quantitative estimate of drug-likeness (QED) is 0.736. The molecule has 2 aromatic rings. The average Bonchev–Trinajstić information content (AvgIpc) is 2.33. The summed E-state index contributed by atoms with van der Waals surface area (Å²) in [6.45, 7) is 1.86. The number of ether oxygens (including phenoxy) is 1. The number of aldehydes is 1. The maximum atomic E-state index is 10.8. The zero-order chi connectivity index (χ0) is 11.4. The Hall–Kier alpha value is -2.16. The molecule has 0 bridgehead atoms. The first-order chi connectivity index (χ1) is 7.81. The Morgan fingerprint density at radius 2 is 1.88 bits per heavy atom. The average molecular weight is 213 g/mol. The molecule has 1 heterocycles. The lowest BCUT2D eigenvalue weighted by Crippen LogP contribution is -1.92. The largest absolute Gasteiger partial charge is 0.455 e. The minimum absolute atomic E-state index is 0.533. The van der Waals surface area contributed by atoms with E-state index in [9.17, 15) is 4.79 Å². The molecule has 3 heteroatoms. The summed E-state index contributed by atoms with van der Waals surface area (Å²) >= 11 is 0. The van der Waals surface area contributed by atoms with Crippen molar-refractivity contribution in [2.24, 2.45) is 0 Å². The Morgan fingerprint density at radius 1 is 1.12 bits per heavy atom. The van der Waals surface area contributed by atoms with Gasteiger partial charge in [0, 0.05) is 6.20 Å². The molecule has 0 aliphatic rings. The summed E-state index contributed by atoms with van der Waals surface area (Å²) in [4.78, 5) is 14.9. The fourth-order valence-corrected chi connectivity index (χ4v) is 1.37. The highest BCUT2D eigenvalue weighted by atomic mass is 16.5. The van der Waals surface area contributed by atoms with Gasteiger partial charge in [-0.25, -0.2) is 0 Å². The zero-order valence-corrected chi connectivity index (χ0v) is 8.88. The Bertz CT molecular complexity index is 509. The van der Waals surface area contributed by atoms with E-state index < -0.39 is 0 Å². The molecule has 0 saturated carbocycles. The fraction of sp³-hybridized carbons (Fsp3) is 0.0769. The minimum atomic E-state index is 0.533. The van der Waals surface area contributed by atoms with Crippen LogP contribution in [-0.2, 0) is 0 Å². The topological polar surface area (TPSA) is 39.2 Å². The maximum Gasteiger partial charge on any atom is 0.153 e. The van der Waals surface area contributed by atoms with Crippen molar-refractivity contribution in [2.45, 2.75) is 6.92 Å². The van der Waals surface area contributed by atoms with Gasteiger partial charge in [-0.2, -0.15) is 0 Å². The first-order valence-corrected chi connectivity index (χ1v) is 4.95. The van der Waals surface area contributed by atoms with Crippen molar-refractivity contribution in [3.8, 4) is 11.5 Å². The third kappa shape index (κ3) is 2.08. The predicted molar refractivity (Wildman–Crippen MR) is 60.9 cm³/mol. The molecule has 2 rings (SSSR count). The monoisotopic (exact) mass is 213 g/mol. The van der Waals surface area contributed by atoms with Gasteiger partial charge in [0.1, 0.15) is 11.5 Å². The van der Waals surface area contributed by atoms with Gasteiger partial charge in [0.05, 0.1) is 11.3 Å². The number of pyridine rings is 1. The van der Waals surface area contributed by atoms with Crippen LogP contribution in [0.1, 0.15) is 16.1 Å². The van der Waals surface area contributed by atoms with E-state index in [1.807, 2.05) is 19.1 Å². The molecule has 0 radical (unpaired) electrons. The van der Waals surface area contributed by atoms with Gasteiger partial charge in [-0.3, -0.25) is 9.78 Å². The normalized spacial score (nSPS) is 9.81. The summed E-state index contributed by atoms with van der Waals surface area (Å²) in [5.74, 6) is 1.21. The van der Waals surface area contributed by atoms with E-state index in [0.717, 1.165) is 12.0 Å². The molecule has 0 atom stereocenters. The summed E-state index contributed by atoms with van der Waals surface area (Å²) in [7, 11) is 0. The molecule has 0 spiro atoms. The lowest BCUT2D eigenvalue weighted by molar-refractivity contribution is 0.112. The van der Waals surface area contributed by atoms with Crippen LogP contribution in [0, 0.1) is 6.92 Å². The van der Waals surface area contributed by atoms with Gasteiger partial charge in [0.2, 0.25) is 0 Å². The van der Waals surface area contributed by atoms with E-state index in [0.29, 0.717) is 17.1 Å². The standard InChI is InChI=1S/C13H11NO2/c1-10-12(7-4-8-14-10)16-13-6-3-2-5-11(13)9-15/h2-9H,1H3. The third-order valence-corrected chi connectivity index (χ3v) is 2.22. The fourth-order valence-electron chi connectivity index (χ4n) is 1.37. The summed E-state index contributed by atoms with van der Waals surface area (Å²) in [6, 6.07) is 10.7. The highest BCUT2D eigenvalue weighted by Gasteiger charge is 2.05. The van der Waals surface area contributed by atoms with Crippen LogP contribution in [0.2, 0.25) is 0 Å². The third-order valence-electron chi connectivity index (χ3n) is 2.22. The van der Waals surface area contributed by atoms with Crippen molar-refractivity contribution in [3.05, 3.63) is 53.9 Å². The van der Waals surface area contributed by atoms with E-state index in [1.54, 1.807) is 30.5 Å². The number of nitrogens with zero attached hydrogens (tertiary/aromatic N) is 1. The SMILES string of the molecule is Cc1ncccc1Oc1ccccc1C=O. The van der Waals surface area contributed by atoms with Crippen LogP contribution >= 0.6 is 0 Å². The molecule has 80 valence electrons. The number of benzene rings is 1. The smallest absolute Gasteiger partial charge is 0.153 e. The molecular weight excluding hydrogens is 202 g/mol. The minimum Gasteiger partial charge on any atom is -0.455 e. The number of aryl methyl sites for hydroxylation is 1. The van der Waals surface area contributed by atoms with Gasteiger partial charge >= 0.3 is 0 Å². The second-order valence-corrected chi connectivity index (χ2v) is 3.34. The summed E-state index contributed by atoms with van der Waals surface area (Å²) in [5.41, 5.74) is 1.33. The van der Waals surface area contributed by atoms with Crippen LogP contribution < -0.4 is 4.74 Å². The number of carbonyl (C=O) groups excluding carboxylic acids is 1. The van der Waals surface area contributed by atoms with Crippen LogP contribution in [0.5, 0.6) is 11.5 Å². The van der Waals surface area contributed by atoms with Gasteiger partial charge in [-0.15, -0.1) is 0 Å². The number of aromatic nitrogens is 1. The molecule has 0 unspecified atom stereocenters. The van der Waals surface area contributed by atoms with Crippen LogP contribution in [0.4, 0.5) is 0 Å². The molecule has 16 heavy (non-hydrogen) atoms. The highest BCUT2D eigenvalue weighted by Crippen LogP contribution is 2.25. The van der Waals surface area contributed by atoms with Crippen molar-refractivity contribution in [3.63, 3.8) is 0 Å². The molecule has 0 aliphatic heterocycles. The molecule has 0 saturated heterocycles. The predicted octanol–water partition coefficient (Wildman–Crippen LogP) is 2.99. The first kappa shape index (κ1) is 10.4. The lowest BCUT2D eigenvalue weighted by atomic mass is 10.2. The number of para-hydroxylation sites is 1. The van der Waals surface area contributed by atoms with E-state index in [2.05, 4.69) is 4.98 Å². The zero-order valence-electron chi connectivity index (χ0n) is 8.88. The van der Waals surface area contributed by atoms with Gasteiger partial charge in [-0.05, 0) is 31.2 Å². The molecule has 0 N–H and O–H groups in total.